The second-order valence-electron chi connectivity index (χ2n) is 2.70. The van der Waals surface area contributed by atoms with Crippen LogP contribution < -0.4 is 5.32 Å². The molecule has 0 aromatic heterocycles. The van der Waals surface area contributed by atoms with E-state index < -0.39 is 0 Å². The molecule has 80 valence electrons. The molecule has 0 spiro atoms. The van der Waals surface area contributed by atoms with E-state index in [0.717, 1.165) is 4.02 Å². The van der Waals surface area contributed by atoms with Crippen molar-refractivity contribution in [2.75, 3.05) is 27.3 Å². The summed E-state index contributed by atoms with van der Waals surface area (Å²) in [4.78, 5) is 13.4. The van der Waals surface area contributed by atoms with Crippen LogP contribution in [-0.4, -0.2) is 42.1 Å². The summed E-state index contributed by atoms with van der Waals surface area (Å²) in [6, 6.07) is 0. The van der Waals surface area contributed by atoms with Crippen LogP contribution in [0.4, 0.5) is 0 Å². The van der Waals surface area contributed by atoms with Gasteiger partial charge in [-0.15, -0.1) is 0 Å². The Bertz CT molecular complexity index is 241. The second kappa shape index (κ2) is 6.91. The van der Waals surface area contributed by atoms with Crippen molar-refractivity contribution in [3.63, 3.8) is 0 Å². The van der Waals surface area contributed by atoms with Crippen LogP contribution in [-0.2, 0) is 28.9 Å². The molecular formula is C9H16N2O2W. The van der Waals surface area contributed by atoms with Gasteiger partial charge in [0, 0.05) is 0 Å². The van der Waals surface area contributed by atoms with Crippen LogP contribution in [0.3, 0.4) is 0 Å². The summed E-state index contributed by atoms with van der Waals surface area (Å²) in [5.41, 5.74) is 0.404. The van der Waals surface area contributed by atoms with Gasteiger partial charge < -0.3 is 0 Å². The molecule has 0 radical (unpaired) electrons. The number of likely N-dealkylation sites (N-methyl/N-ethyl adjacent to an activating group) is 1. The Labute approximate surface area is 95.7 Å². The Balaban J connectivity index is 4.41. The molecule has 0 aliphatic rings. The normalized spacial score (nSPS) is 9.36. The number of rotatable bonds is 6. The molecule has 0 unspecified atom stereocenters. The summed E-state index contributed by atoms with van der Waals surface area (Å²) in [6.45, 7) is 6.67. The van der Waals surface area contributed by atoms with E-state index in [0.29, 0.717) is 18.8 Å². The maximum atomic E-state index is 11.7. The first-order valence-corrected chi connectivity index (χ1v) is 5.69. The molecule has 0 heterocycles. The van der Waals surface area contributed by atoms with E-state index in [-0.39, 0.29) is 5.91 Å². The molecule has 0 saturated carbocycles. The van der Waals surface area contributed by atoms with Crippen molar-refractivity contribution in [3.05, 3.63) is 12.3 Å². The zero-order chi connectivity index (χ0) is 11.1. The summed E-state index contributed by atoms with van der Waals surface area (Å²) >= 11 is 1.27. The molecular weight excluding hydrogens is 352 g/mol. The van der Waals surface area contributed by atoms with Crippen molar-refractivity contribution in [3.8, 4) is 0 Å². The van der Waals surface area contributed by atoms with Crippen molar-refractivity contribution >= 4 is 9.93 Å². The fraction of sp³-hybridized carbons (Fsp3) is 0.556. The summed E-state index contributed by atoms with van der Waals surface area (Å²) in [6.07, 6.45) is 0. The fourth-order valence-corrected chi connectivity index (χ4v) is 1.48. The Morgan fingerprint density at radius 2 is 2.21 bits per heavy atom. The summed E-state index contributed by atoms with van der Waals surface area (Å²) < 4.78 is 5.96. The molecule has 0 aromatic carbocycles. The van der Waals surface area contributed by atoms with Crippen molar-refractivity contribution in [1.82, 2.24) is 10.2 Å². The van der Waals surface area contributed by atoms with E-state index >= 15 is 0 Å². The average molecular weight is 368 g/mol. The summed E-state index contributed by atoms with van der Waals surface area (Å²) in [7, 11) is 3.31. The SMILES string of the molecule is C=C(NC)C(=O)N(CCOC)[C](C)=[W]. The van der Waals surface area contributed by atoms with E-state index in [9.17, 15) is 4.79 Å². The van der Waals surface area contributed by atoms with Crippen molar-refractivity contribution in [2.24, 2.45) is 0 Å². The van der Waals surface area contributed by atoms with E-state index in [2.05, 4.69) is 11.9 Å². The molecule has 5 heteroatoms. The predicted molar refractivity (Wildman–Crippen MR) is 52.5 cm³/mol. The third-order valence-electron chi connectivity index (χ3n) is 1.70. The first kappa shape index (κ1) is 13.5. The second-order valence-corrected chi connectivity index (χ2v) is 4.82. The van der Waals surface area contributed by atoms with Gasteiger partial charge >= 0.3 is 95.5 Å². The van der Waals surface area contributed by atoms with E-state index in [1.165, 1.54) is 19.4 Å². The number of hydrogen-bond acceptors (Lipinski definition) is 3. The van der Waals surface area contributed by atoms with Gasteiger partial charge in [0.1, 0.15) is 0 Å². The predicted octanol–water partition coefficient (Wildman–Crippen LogP) is -0.109. The van der Waals surface area contributed by atoms with Gasteiger partial charge in [-0.2, -0.15) is 0 Å². The van der Waals surface area contributed by atoms with Crippen LogP contribution in [0.2, 0.25) is 0 Å². The van der Waals surface area contributed by atoms with Gasteiger partial charge in [-0.1, -0.05) is 0 Å². The van der Waals surface area contributed by atoms with Gasteiger partial charge in [0.25, 0.3) is 0 Å². The molecule has 0 aliphatic carbocycles. The number of carbonyl (C=O) groups excluding carboxylic acids is 1. The van der Waals surface area contributed by atoms with E-state index in [4.69, 9.17) is 4.74 Å². The average Bonchev–Trinajstić information content (AvgIpc) is 2.16. The van der Waals surface area contributed by atoms with Crippen molar-refractivity contribution in [2.45, 2.75) is 6.92 Å². The molecule has 0 aromatic rings. The van der Waals surface area contributed by atoms with Crippen LogP contribution in [0.1, 0.15) is 6.92 Å². The van der Waals surface area contributed by atoms with Gasteiger partial charge in [-0.25, -0.2) is 0 Å². The zero-order valence-electron chi connectivity index (χ0n) is 8.79. The minimum atomic E-state index is -0.0861. The standard InChI is InChI=1S/C9H16N2O2.W/c1-5-11(6-7-13-4)9(12)8(2)10-3;/h10H,2,6-7H2,1,3-4H3;. The first-order valence-electron chi connectivity index (χ1n) is 4.22. The number of amides is 1. The number of hydrogen-bond donors (Lipinski definition) is 1. The topological polar surface area (TPSA) is 41.6 Å². The summed E-state index contributed by atoms with van der Waals surface area (Å²) in [5, 5.41) is 2.75. The quantitative estimate of drug-likeness (QED) is 0.666. The molecule has 0 bridgehead atoms. The molecule has 0 aliphatic heterocycles. The van der Waals surface area contributed by atoms with Gasteiger partial charge in [0.2, 0.25) is 0 Å². The monoisotopic (exact) mass is 368 g/mol. The van der Waals surface area contributed by atoms with Crippen LogP contribution >= 0.6 is 0 Å². The Morgan fingerprint density at radius 1 is 1.64 bits per heavy atom. The molecule has 4 nitrogen and oxygen atoms in total. The van der Waals surface area contributed by atoms with E-state index in [1.54, 1.807) is 19.1 Å². The third-order valence-corrected chi connectivity index (χ3v) is 2.50. The number of nitrogens with one attached hydrogen (secondary N) is 1. The minimum absolute atomic E-state index is 0.0861. The van der Waals surface area contributed by atoms with Crippen molar-refractivity contribution in [1.29, 1.82) is 0 Å². The van der Waals surface area contributed by atoms with Gasteiger partial charge in [0.15, 0.2) is 0 Å². The zero-order valence-corrected chi connectivity index (χ0v) is 11.7. The van der Waals surface area contributed by atoms with Gasteiger partial charge in [-0.05, 0) is 0 Å². The molecule has 0 atom stereocenters. The van der Waals surface area contributed by atoms with Gasteiger partial charge in [0.05, 0.1) is 0 Å². The van der Waals surface area contributed by atoms with E-state index in [1.807, 2.05) is 6.92 Å². The Hall–Kier alpha value is -0.472. The molecule has 1 amide bonds. The van der Waals surface area contributed by atoms with Crippen LogP contribution in [0.25, 0.3) is 0 Å². The molecule has 0 rings (SSSR count). The molecule has 14 heavy (non-hydrogen) atoms. The number of carbonyl (C=O) groups is 1. The maximum absolute atomic E-state index is 11.7. The third kappa shape index (κ3) is 4.16. The molecule has 1 N–H and O–H groups in total. The number of ether oxygens (including phenoxy) is 1. The molecule has 0 fully saturated rings. The first-order chi connectivity index (χ1) is 6.54. The van der Waals surface area contributed by atoms with Crippen LogP contribution in [0, 0.1) is 0 Å². The summed E-state index contributed by atoms with van der Waals surface area (Å²) in [5.74, 6) is -0.0861. The van der Waals surface area contributed by atoms with Crippen molar-refractivity contribution < 1.29 is 28.9 Å². The number of methoxy groups -OCH3 is 1. The van der Waals surface area contributed by atoms with Crippen LogP contribution in [0.15, 0.2) is 12.3 Å². The van der Waals surface area contributed by atoms with Gasteiger partial charge in [-0.3, -0.25) is 0 Å². The molecule has 0 saturated heterocycles. The Kier molecular flexibility index (Phi) is 6.67. The Morgan fingerprint density at radius 3 is 2.57 bits per heavy atom. The number of nitrogens with zero attached hydrogens (tertiary/aromatic N) is 1. The fourth-order valence-electron chi connectivity index (χ4n) is 0.854. The van der Waals surface area contributed by atoms with Crippen LogP contribution in [0.5, 0.6) is 0 Å².